The highest BCUT2D eigenvalue weighted by Crippen LogP contribution is 2.33. The molecule has 0 aliphatic carbocycles. The molecule has 0 radical (unpaired) electrons. The monoisotopic (exact) mass is 380 g/mol. The van der Waals surface area contributed by atoms with Crippen molar-refractivity contribution in [2.75, 3.05) is 12.1 Å². The maximum absolute atomic E-state index is 12.8. The van der Waals surface area contributed by atoms with E-state index in [-0.39, 0.29) is 18.2 Å². The summed E-state index contributed by atoms with van der Waals surface area (Å²) in [6, 6.07) is 15.0. The third kappa shape index (κ3) is 3.66. The van der Waals surface area contributed by atoms with E-state index in [4.69, 9.17) is 18.7 Å². The zero-order chi connectivity index (χ0) is 19.5. The van der Waals surface area contributed by atoms with Gasteiger partial charge >= 0.3 is 5.97 Å². The van der Waals surface area contributed by atoms with Gasteiger partial charge in [0.2, 0.25) is 12.9 Å². The summed E-state index contributed by atoms with van der Waals surface area (Å²) in [6.07, 6.45) is -1.17. The summed E-state index contributed by atoms with van der Waals surface area (Å²) in [5, 5.41) is 6.32. The number of anilines is 1. The number of aromatic nitrogens is 1. The molecular weight excluding hydrogens is 364 g/mol. The number of nitrogens with one attached hydrogen (secondary N) is 1. The minimum absolute atomic E-state index is 0.0972. The van der Waals surface area contributed by atoms with Gasteiger partial charge in [-0.1, -0.05) is 35.5 Å². The van der Waals surface area contributed by atoms with Gasteiger partial charge in [0.1, 0.15) is 5.76 Å². The minimum atomic E-state index is -1.17. The Balaban J connectivity index is 1.56. The molecule has 3 aromatic rings. The van der Waals surface area contributed by atoms with Crippen molar-refractivity contribution in [2.45, 2.75) is 13.0 Å². The van der Waals surface area contributed by atoms with Crippen molar-refractivity contribution in [3.8, 4) is 11.5 Å². The van der Waals surface area contributed by atoms with Gasteiger partial charge in [0.15, 0.2) is 17.3 Å². The molecule has 0 saturated heterocycles. The first-order valence-corrected chi connectivity index (χ1v) is 8.50. The van der Waals surface area contributed by atoms with Crippen molar-refractivity contribution in [1.29, 1.82) is 0 Å². The summed E-state index contributed by atoms with van der Waals surface area (Å²) in [5.41, 5.74) is 0.768. The first-order valence-electron chi connectivity index (χ1n) is 8.50. The number of fused-ring (bicyclic) bond motifs is 1. The van der Waals surface area contributed by atoms with Gasteiger partial charge in [0.05, 0.1) is 5.56 Å². The standard InChI is InChI=1S/C20H16N2O6/c1-12-9-17(22-28-12)21-19(23)18(13-5-3-2-4-6-13)27-20(24)14-7-8-15-16(10-14)26-11-25-15/h2-10,18H,11H2,1H3,(H,21,22,23). The second-order valence-corrected chi connectivity index (χ2v) is 6.08. The number of hydrogen-bond donors (Lipinski definition) is 1. The first kappa shape index (κ1) is 17.6. The highest BCUT2D eigenvalue weighted by Gasteiger charge is 2.27. The quantitative estimate of drug-likeness (QED) is 0.678. The summed E-state index contributed by atoms with van der Waals surface area (Å²) in [4.78, 5) is 25.4. The summed E-state index contributed by atoms with van der Waals surface area (Å²) in [5.74, 6) is 0.572. The molecule has 28 heavy (non-hydrogen) atoms. The van der Waals surface area contributed by atoms with Gasteiger partial charge in [-0.3, -0.25) is 4.79 Å². The first-order chi connectivity index (χ1) is 13.6. The lowest BCUT2D eigenvalue weighted by Gasteiger charge is -2.17. The maximum Gasteiger partial charge on any atom is 0.339 e. The van der Waals surface area contributed by atoms with E-state index in [2.05, 4.69) is 10.5 Å². The molecule has 2 aromatic carbocycles. The number of nitrogens with zero attached hydrogens (tertiary/aromatic N) is 1. The number of ether oxygens (including phenoxy) is 3. The molecule has 1 atom stereocenters. The van der Waals surface area contributed by atoms with Crippen LogP contribution in [0.5, 0.6) is 11.5 Å². The summed E-state index contributed by atoms with van der Waals surface area (Å²) < 4.78 is 21.0. The second kappa shape index (κ2) is 7.43. The van der Waals surface area contributed by atoms with Crippen molar-refractivity contribution in [3.05, 3.63) is 71.5 Å². The van der Waals surface area contributed by atoms with Crippen molar-refractivity contribution in [3.63, 3.8) is 0 Å². The summed E-state index contributed by atoms with van der Waals surface area (Å²) in [7, 11) is 0. The van der Waals surface area contributed by atoms with E-state index in [1.807, 2.05) is 0 Å². The average Bonchev–Trinajstić information content (AvgIpc) is 3.34. The highest BCUT2D eigenvalue weighted by atomic mass is 16.7. The SMILES string of the molecule is Cc1cc(NC(=O)C(OC(=O)c2ccc3c(c2)OCO3)c2ccccc2)no1. The van der Waals surface area contributed by atoms with Crippen molar-refractivity contribution < 1.29 is 28.3 Å². The molecule has 1 amide bonds. The van der Waals surface area contributed by atoms with E-state index in [1.54, 1.807) is 55.5 Å². The summed E-state index contributed by atoms with van der Waals surface area (Å²) >= 11 is 0. The normalized spacial score (nSPS) is 13.0. The van der Waals surface area contributed by atoms with Crippen LogP contribution in [0.3, 0.4) is 0 Å². The minimum Gasteiger partial charge on any atom is -0.454 e. The molecule has 2 heterocycles. The van der Waals surface area contributed by atoms with E-state index in [0.29, 0.717) is 22.8 Å². The number of amides is 1. The molecule has 0 saturated carbocycles. The summed E-state index contributed by atoms with van der Waals surface area (Å²) in [6.45, 7) is 1.80. The number of carbonyl (C=O) groups excluding carboxylic acids is 2. The predicted molar refractivity (Wildman–Crippen MR) is 97.0 cm³/mol. The third-order valence-electron chi connectivity index (χ3n) is 4.05. The Morgan fingerprint density at radius 2 is 1.86 bits per heavy atom. The van der Waals surface area contributed by atoms with Crippen LogP contribution < -0.4 is 14.8 Å². The lowest BCUT2D eigenvalue weighted by molar-refractivity contribution is -0.125. The molecule has 0 bridgehead atoms. The second-order valence-electron chi connectivity index (χ2n) is 6.08. The Labute approximate surface area is 160 Å². The Hall–Kier alpha value is -3.81. The molecule has 0 fully saturated rings. The Kier molecular flexibility index (Phi) is 4.67. The van der Waals surface area contributed by atoms with Gasteiger partial charge in [-0.15, -0.1) is 0 Å². The fourth-order valence-corrected chi connectivity index (χ4v) is 2.72. The Morgan fingerprint density at radius 1 is 1.07 bits per heavy atom. The van der Waals surface area contributed by atoms with E-state index in [9.17, 15) is 9.59 Å². The predicted octanol–water partition coefficient (Wildman–Crippen LogP) is 3.25. The van der Waals surface area contributed by atoms with E-state index in [1.165, 1.54) is 6.07 Å². The lowest BCUT2D eigenvalue weighted by atomic mass is 10.1. The topological polar surface area (TPSA) is 99.9 Å². The smallest absolute Gasteiger partial charge is 0.339 e. The Bertz CT molecular complexity index is 1010. The molecule has 0 spiro atoms. The van der Waals surface area contributed by atoms with Crippen LogP contribution in [0, 0.1) is 6.92 Å². The zero-order valence-electron chi connectivity index (χ0n) is 14.9. The largest absolute Gasteiger partial charge is 0.454 e. The Morgan fingerprint density at radius 3 is 2.61 bits per heavy atom. The van der Waals surface area contributed by atoms with Crippen LogP contribution in [-0.2, 0) is 9.53 Å². The number of hydrogen-bond acceptors (Lipinski definition) is 7. The van der Waals surface area contributed by atoms with E-state index in [0.717, 1.165) is 0 Å². The lowest BCUT2D eigenvalue weighted by Crippen LogP contribution is -2.26. The van der Waals surface area contributed by atoms with E-state index < -0.39 is 18.0 Å². The van der Waals surface area contributed by atoms with Gasteiger partial charge in [0.25, 0.3) is 5.91 Å². The van der Waals surface area contributed by atoms with Crippen LogP contribution in [-0.4, -0.2) is 23.8 Å². The molecule has 8 nitrogen and oxygen atoms in total. The molecule has 4 rings (SSSR count). The highest BCUT2D eigenvalue weighted by molar-refractivity contribution is 5.97. The zero-order valence-corrected chi connectivity index (χ0v) is 14.9. The molecule has 1 aromatic heterocycles. The maximum atomic E-state index is 12.8. The van der Waals surface area contributed by atoms with Crippen LogP contribution in [0.2, 0.25) is 0 Å². The van der Waals surface area contributed by atoms with Crippen LogP contribution in [0.15, 0.2) is 59.1 Å². The molecule has 1 aliphatic rings. The van der Waals surface area contributed by atoms with E-state index >= 15 is 0 Å². The number of rotatable bonds is 5. The van der Waals surface area contributed by atoms with Crippen LogP contribution in [0.25, 0.3) is 0 Å². The van der Waals surface area contributed by atoms with Gasteiger partial charge in [-0.2, -0.15) is 0 Å². The molecule has 8 heteroatoms. The molecule has 142 valence electrons. The third-order valence-corrected chi connectivity index (χ3v) is 4.05. The molecular formula is C20H16N2O6. The number of carbonyl (C=O) groups is 2. The van der Waals surface area contributed by atoms with Crippen molar-refractivity contribution in [1.82, 2.24) is 5.16 Å². The van der Waals surface area contributed by atoms with Crippen molar-refractivity contribution >= 4 is 17.7 Å². The molecule has 1 N–H and O–H groups in total. The molecule has 1 unspecified atom stereocenters. The average molecular weight is 380 g/mol. The van der Waals surface area contributed by atoms with Crippen LogP contribution in [0.1, 0.15) is 27.8 Å². The fourth-order valence-electron chi connectivity index (χ4n) is 2.72. The van der Waals surface area contributed by atoms with Gasteiger partial charge in [-0.05, 0) is 25.1 Å². The van der Waals surface area contributed by atoms with Gasteiger partial charge in [-0.25, -0.2) is 4.79 Å². The van der Waals surface area contributed by atoms with Crippen LogP contribution >= 0.6 is 0 Å². The number of esters is 1. The number of aryl methyl sites for hydroxylation is 1. The van der Waals surface area contributed by atoms with Gasteiger partial charge in [0, 0.05) is 11.6 Å². The number of benzene rings is 2. The van der Waals surface area contributed by atoms with Gasteiger partial charge < -0.3 is 24.1 Å². The van der Waals surface area contributed by atoms with Crippen LogP contribution in [0.4, 0.5) is 5.82 Å². The van der Waals surface area contributed by atoms with Crippen molar-refractivity contribution in [2.24, 2.45) is 0 Å². The fraction of sp³-hybridized carbons (Fsp3) is 0.150. The molecule has 1 aliphatic heterocycles.